The van der Waals surface area contributed by atoms with E-state index >= 15 is 0 Å². The SMILES string of the molecule is CC(C)(C)c1ccc2c(c1)Cc1c-2ccc(C(C)(C)C)[c]1[Zr]([C]1=CC=CC1)=[C](c1ccc(C(F)(F)F)cc1)c1ccc(C(F)(F)F)cc1. The van der Waals surface area contributed by atoms with E-state index in [4.69, 9.17) is 0 Å². The minimum absolute atomic E-state index is 0.0312. The molecule has 2 aliphatic carbocycles. The van der Waals surface area contributed by atoms with Gasteiger partial charge < -0.3 is 0 Å². The van der Waals surface area contributed by atoms with Gasteiger partial charge in [-0.3, -0.25) is 0 Å². The third-order valence-corrected chi connectivity index (χ3v) is 17.1. The van der Waals surface area contributed by atoms with Crippen LogP contribution in [-0.4, -0.2) is 3.21 Å². The summed E-state index contributed by atoms with van der Waals surface area (Å²) in [4.78, 5) is 0. The maximum absolute atomic E-state index is 13.7. The number of benzene rings is 4. The van der Waals surface area contributed by atoms with E-state index in [1.807, 2.05) is 6.08 Å². The van der Waals surface area contributed by atoms with Gasteiger partial charge in [-0.05, 0) is 0 Å². The van der Waals surface area contributed by atoms with Crippen LogP contribution in [0.15, 0.2) is 100 Å². The average molecular weight is 736 g/mol. The Labute approximate surface area is 286 Å². The van der Waals surface area contributed by atoms with E-state index in [0.717, 1.165) is 39.5 Å². The fourth-order valence-electron chi connectivity index (χ4n) is 6.84. The molecular formula is C41H38F6Zr. The van der Waals surface area contributed by atoms with Crippen LogP contribution in [0.4, 0.5) is 26.3 Å². The quantitative estimate of drug-likeness (QED) is 0.161. The van der Waals surface area contributed by atoms with Gasteiger partial charge in [0.1, 0.15) is 0 Å². The maximum atomic E-state index is 13.7. The van der Waals surface area contributed by atoms with Crippen molar-refractivity contribution in [2.75, 3.05) is 0 Å². The standard InChI is InChI=1S/C21H25.C15H8F6.C5H5.Zr/c1-20(2,3)16-7-9-18-14(12-16)11-15-13-17(21(4,5)6)8-10-19(15)18;16-14(17,18)12-5-1-10(2-6-12)9-11-3-7-13(8-4-11)15(19,20)21;1-2-4-5-3-1;/h7-10,12H,11H2,1-6H3;1-8H;1-3H,4H2;. The van der Waals surface area contributed by atoms with Gasteiger partial charge in [0.2, 0.25) is 0 Å². The Hall–Kier alpha value is -3.31. The van der Waals surface area contributed by atoms with Crippen LogP contribution in [-0.2, 0) is 50.9 Å². The van der Waals surface area contributed by atoms with Crippen LogP contribution in [0.25, 0.3) is 11.1 Å². The molecule has 48 heavy (non-hydrogen) atoms. The molecule has 4 aromatic rings. The molecule has 6 rings (SSSR count). The first-order valence-electron chi connectivity index (χ1n) is 16.1. The first kappa shape index (κ1) is 34.6. The zero-order chi connectivity index (χ0) is 34.8. The Kier molecular flexibility index (Phi) is 8.80. The average Bonchev–Trinajstić information content (AvgIpc) is 3.66. The monoisotopic (exact) mass is 734 g/mol. The van der Waals surface area contributed by atoms with E-state index in [2.05, 4.69) is 84.0 Å². The van der Waals surface area contributed by atoms with Crippen molar-refractivity contribution in [3.8, 4) is 11.1 Å². The molecule has 0 radical (unpaired) electrons. The second kappa shape index (κ2) is 12.2. The summed E-state index contributed by atoms with van der Waals surface area (Å²) in [7, 11) is 0. The van der Waals surface area contributed by atoms with Gasteiger partial charge in [0, 0.05) is 0 Å². The van der Waals surface area contributed by atoms with Gasteiger partial charge in [-0.25, -0.2) is 0 Å². The second-order valence-electron chi connectivity index (χ2n) is 14.8. The van der Waals surface area contributed by atoms with Crippen molar-refractivity contribution in [2.24, 2.45) is 0 Å². The van der Waals surface area contributed by atoms with Crippen LogP contribution in [0.5, 0.6) is 0 Å². The molecule has 7 heteroatoms. The molecule has 0 unspecified atom stereocenters. The van der Waals surface area contributed by atoms with Crippen molar-refractivity contribution in [2.45, 2.75) is 77.6 Å². The van der Waals surface area contributed by atoms with Crippen molar-refractivity contribution < 1.29 is 47.6 Å². The van der Waals surface area contributed by atoms with Crippen molar-refractivity contribution >= 4 is 6.48 Å². The predicted molar refractivity (Wildman–Crippen MR) is 180 cm³/mol. The van der Waals surface area contributed by atoms with E-state index in [1.54, 1.807) is 0 Å². The molecule has 2 aliphatic rings. The van der Waals surface area contributed by atoms with E-state index < -0.39 is 44.7 Å². The van der Waals surface area contributed by atoms with Crippen LogP contribution >= 0.6 is 0 Å². The molecule has 0 saturated carbocycles. The zero-order valence-corrected chi connectivity index (χ0v) is 30.4. The molecule has 0 nitrogen and oxygen atoms in total. The van der Waals surface area contributed by atoms with Crippen molar-refractivity contribution in [3.05, 3.63) is 145 Å². The van der Waals surface area contributed by atoms with Crippen LogP contribution in [0.1, 0.15) is 92.5 Å². The molecule has 4 aromatic carbocycles. The summed E-state index contributed by atoms with van der Waals surface area (Å²) < 4.78 is 85.7. The summed E-state index contributed by atoms with van der Waals surface area (Å²) in [5.41, 5.74) is 6.69. The number of hydrogen-bond donors (Lipinski definition) is 0. The Bertz CT molecular complexity index is 1910. The summed E-state index contributed by atoms with van der Waals surface area (Å²) in [5.74, 6) is 0. The molecule has 0 aromatic heterocycles. The van der Waals surface area contributed by atoms with Gasteiger partial charge in [0.25, 0.3) is 0 Å². The second-order valence-corrected chi connectivity index (χ2v) is 20.7. The molecule has 0 heterocycles. The molecule has 0 atom stereocenters. The third kappa shape index (κ3) is 6.64. The summed E-state index contributed by atoms with van der Waals surface area (Å²) in [6.07, 6.45) is -1.34. The normalized spacial score (nSPS) is 14.5. The summed E-state index contributed by atoms with van der Waals surface area (Å²) >= 11 is -3.41. The van der Waals surface area contributed by atoms with Gasteiger partial charge in [-0.1, -0.05) is 0 Å². The molecule has 0 bridgehead atoms. The number of alkyl halides is 6. The number of allylic oxidation sites excluding steroid dienone is 4. The molecular weight excluding hydrogens is 698 g/mol. The number of fused-ring (bicyclic) bond motifs is 3. The van der Waals surface area contributed by atoms with Crippen LogP contribution in [0, 0.1) is 0 Å². The molecule has 0 fully saturated rings. The molecule has 248 valence electrons. The number of hydrogen-bond acceptors (Lipinski definition) is 0. The van der Waals surface area contributed by atoms with Gasteiger partial charge in [0.05, 0.1) is 0 Å². The van der Waals surface area contributed by atoms with Crippen LogP contribution in [0.2, 0.25) is 0 Å². The molecule has 0 spiro atoms. The van der Waals surface area contributed by atoms with Crippen LogP contribution in [0.3, 0.4) is 0 Å². The van der Waals surface area contributed by atoms with Crippen LogP contribution < -0.4 is 3.27 Å². The fourth-order valence-corrected chi connectivity index (χ4v) is 15.8. The fraction of sp³-hybridized carbons (Fsp3) is 0.293. The predicted octanol–water partition coefficient (Wildman–Crippen LogP) is 11.2. The van der Waals surface area contributed by atoms with E-state index in [9.17, 15) is 26.3 Å². The Balaban J connectivity index is 1.71. The minimum atomic E-state index is -4.51. The molecule has 0 saturated heterocycles. The Morgan fingerprint density at radius 1 is 0.604 bits per heavy atom. The van der Waals surface area contributed by atoms with Gasteiger partial charge >= 0.3 is 288 Å². The first-order valence-corrected chi connectivity index (χ1v) is 19.8. The van der Waals surface area contributed by atoms with Crippen molar-refractivity contribution in [1.29, 1.82) is 0 Å². The van der Waals surface area contributed by atoms with Crippen molar-refractivity contribution in [1.82, 2.24) is 0 Å². The summed E-state index contributed by atoms with van der Waals surface area (Å²) in [5, 5.41) is 0. The topological polar surface area (TPSA) is 0 Å². The summed E-state index contributed by atoms with van der Waals surface area (Å²) in [6, 6.07) is 21.5. The molecule has 0 amide bonds. The zero-order valence-electron chi connectivity index (χ0n) is 27.9. The first-order chi connectivity index (χ1) is 22.3. The van der Waals surface area contributed by atoms with Gasteiger partial charge in [-0.2, -0.15) is 0 Å². The van der Waals surface area contributed by atoms with Crippen molar-refractivity contribution in [3.63, 3.8) is 0 Å². The number of rotatable bonds is 4. The van der Waals surface area contributed by atoms with Gasteiger partial charge in [-0.15, -0.1) is 0 Å². The molecule has 0 N–H and O–H groups in total. The number of halogens is 6. The van der Waals surface area contributed by atoms with E-state index in [0.29, 0.717) is 17.5 Å². The molecule has 0 aliphatic heterocycles. The van der Waals surface area contributed by atoms with E-state index in [-0.39, 0.29) is 10.8 Å². The Morgan fingerprint density at radius 2 is 1.12 bits per heavy atom. The Morgan fingerprint density at radius 3 is 1.58 bits per heavy atom. The van der Waals surface area contributed by atoms with E-state index in [1.165, 1.54) is 58.6 Å². The third-order valence-electron chi connectivity index (χ3n) is 9.34. The summed E-state index contributed by atoms with van der Waals surface area (Å²) in [6.45, 7) is 13.1. The van der Waals surface area contributed by atoms with Gasteiger partial charge in [0.15, 0.2) is 0 Å².